The van der Waals surface area contributed by atoms with Crippen molar-refractivity contribution in [2.24, 2.45) is 5.73 Å². The fourth-order valence-corrected chi connectivity index (χ4v) is 5.31. The zero-order valence-corrected chi connectivity index (χ0v) is 18.5. The number of allylic oxidation sites excluding steroid dienone is 1. The van der Waals surface area contributed by atoms with Crippen molar-refractivity contribution in [3.63, 3.8) is 0 Å². The standard InChI is InChI=1S/C25H20ClN5O2/c1-2-12-30-18-7-4-3-6-16(18)25(24(30)33)17(13-27)23(28)31(21-11-10-15(26)14-29-21)19-8-5-9-20(32)22(19)25/h2-4,6-7,10-11,14H,1,5,8-9,12,28H2/t25-/m1/s1. The second-order valence-corrected chi connectivity index (χ2v) is 8.55. The number of fused-ring (bicyclic) bond motifs is 3. The molecule has 0 saturated carbocycles. The van der Waals surface area contributed by atoms with Gasteiger partial charge in [0.25, 0.3) is 0 Å². The SMILES string of the molecule is C=CCN1C(=O)[C@@]2(C(C#N)=C(N)N(c3ccc(Cl)cn3)C3=C2C(=O)CCC3)c2ccccc21. The molecule has 2 aromatic rings. The molecule has 5 rings (SSSR count). The fourth-order valence-electron chi connectivity index (χ4n) is 5.20. The summed E-state index contributed by atoms with van der Waals surface area (Å²) in [5.41, 5.74) is 7.19. The Bertz CT molecular complexity index is 1320. The Labute approximate surface area is 196 Å². The van der Waals surface area contributed by atoms with E-state index in [4.69, 9.17) is 17.3 Å². The van der Waals surface area contributed by atoms with Gasteiger partial charge in [-0.05, 0) is 31.0 Å². The average Bonchev–Trinajstić information content (AvgIpc) is 3.05. The van der Waals surface area contributed by atoms with Crippen molar-refractivity contribution in [3.05, 3.63) is 88.5 Å². The molecule has 2 aliphatic heterocycles. The molecule has 1 atom stereocenters. The number of rotatable bonds is 3. The van der Waals surface area contributed by atoms with Crippen molar-refractivity contribution in [2.45, 2.75) is 24.7 Å². The maximum Gasteiger partial charge on any atom is 0.248 e. The lowest BCUT2D eigenvalue weighted by Crippen LogP contribution is -2.52. The Kier molecular flexibility index (Phi) is 4.84. The number of benzene rings is 1. The zero-order chi connectivity index (χ0) is 23.3. The molecule has 0 fully saturated rings. The summed E-state index contributed by atoms with van der Waals surface area (Å²) in [5, 5.41) is 10.8. The van der Waals surface area contributed by atoms with E-state index < -0.39 is 5.41 Å². The third-order valence-electron chi connectivity index (χ3n) is 6.43. The Morgan fingerprint density at radius 2 is 2.03 bits per heavy atom. The van der Waals surface area contributed by atoms with Crippen LogP contribution in [0, 0.1) is 11.3 Å². The number of anilines is 2. The number of amides is 1. The van der Waals surface area contributed by atoms with Crippen LogP contribution in [0.1, 0.15) is 24.8 Å². The van der Waals surface area contributed by atoms with E-state index in [1.807, 2.05) is 12.1 Å². The first-order valence-corrected chi connectivity index (χ1v) is 11.0. The number of nitrogens with two attached hydrogens (primary N) is 1. The molecule has 1 spiro atoms. The molecule has 1 amide bonds. The molecule has 0 saturated heterocycles. The number of Topliss-reactive ketones (excluding diaryl/α,β-unsaturated/α-hetero) is 1. The predicted molar refractivity (Wildman–Crippen MR) is 125 cm³/mol. The molecule has 1 aromatic carbocycles. The van der Waals surface area contributed by atoms with Crippen LogP contribution in [0.2, 0.25) is 5.02 Å². The van der Waals surface area contributed by atoms with E-state index in [2.05, 4.69) is 17.6 Å². The molecule has 0 bridgehead atoms. The van der Waals surface area contributed by atoms with Crippen molar-refractivity contribution in [2.75, 3.05) is 16.3 Å². The number of ketones is 1. The van der Waals surface area contributed by atoms with Crippen molar-refractivity contribution < 1.29 is 9.59 Å². The van der Waals surface area contributed by atoms with Crippen LogP contribution in [0.15, 0.2) is 77.9 Å². The normalized spacial score (nSPS) is 21.9. The molecule has 8 heteroatoms. The summed E-state index contributed by atoms with van der Waals surface area (Å²) in [5.74, 6) is -0.0126. The van der Waals surface area contributed by atoms with Gasteiger partial charge in [0.05, 0.1) is 10.6 Å². The van der Waals surface area contributed by atoms with Crippen LogP contribution < -0.4 is 15.5 Å². The number of nitrogens with zero attached hydrogens (tertiary/aromatic N) is 4. The number of pyridine rings is 1. The van der Waals surface area contributed by atoms with Crippen LogP contribution in [0.5, 0.6) is 0 Å². The first-order valence-electron chi connectivity index (χ1n) is 10.6. The molecule has 33 heavy (non-hydrogen) atoms. The maximum atomic E-state index is 14.1. The second kappa shape index (κ2) is 7.61. The number of aromatic nitrogens is 1. The van der Waals surface area contributed by atoms with Gasteiger partial charge in [0, 0.05) is 41.7 Å². The van der Waals surface area contributed by atoms with Crippen LogP contribution in [0.4, 0.5) is 11.5 Å². The first kappa shape index (κ1) is 21.0. The molecular formula is C25H20ClN5O2. The zero-order valence-electron chi connectivity index (χ0n) is 17.7. The van der Waals surface area contributed by atoms with E-state index in [1.54, 1.807) is 40.1 Å². The maximum absolute atomic E-state index is 14.1. The lowest BCUT2D eigenvalue weighted by molar-refractivity contribution is -0.124. The number of carbonyl (C=O) groups is 2. The van der Waals surface area contributed by atoms with E-state index in [9.17, 15) is 14.9 Å². The van der Waals surface area contributed by atoms with Crippen molar-refractivity contribution in [3.8, 4) is 6.07 Å². The molecule has 3 aliphatic rings. The molecular weight excluding hydrogens is 438 g/mol. The van der Waals surface area contributed by atoms with Crippen LogP contribution in [-0.4, -0.2) is 23.2 Å². The topological polar surface area (TPSA) is 103 Å². The predicted octanol–water partition coefficient (Wildman–Crippen LogP) is 3.73. The minimum Gasteiger partial charge on any atom is -0.384 e. The molecule has 2 N–H and O–H groups in total. The van der Waals surface area contributed by atoms with Gasteiger partial charge in [0.2, 0.25) is 5.91 Å². The van der Waals surface area contributed by atoms with Crippen molar-refractivity contribution >= 4 is 34.8 Å². The summed E-state index contributed by atoms with van der Waals surface area (Å²) >= 11 is 6.02. The summed E-state index contributed by atoms with van der Waals surface area (Å²) in [6.45, 7) is 4.02. The summed E-state index contributed by atoms with van der Waals surface area (Å²) in [6, 6.07) is 12.8. The monoisotopic (exact) mass is 457 g/mol. The van der Waals surface area contributed by atoms with Gasteiger partial charge in [-0.2, -0.15) is 5.26 Å². The Morgan fingerprint density at radius 3 is 2.73 bits per heavy atom. The first-order chi connectivity index (χ1) is 16.0. The Balaban J connectivity index is 1.88. The van der Waals surface area contributed by atoms with Gasteiger partial charge in [0.1, 0.15) is 23.1 Å². The number of carbonyl (C=O) groups excluding carboxylic acids is 2. The van der Waals surface area contributed by atoms with E-state index in [0.717, 1.165) is 0 Å². The van der Waals surface area contributed by atoms with Gasteiger partial charge in [-0.1, -0.05) is 35.9 Å². The number of para-hydroxylation sites is 1. The van der Waals surface area contributed by atoms with Gasteiger partial charge in [-0.15, -0.1) is 6.58 Å². The minimum absolute atomic E-state index is 0.0252. The van der Waals surface area contributed by atoms with E-state index >= 15 is 0 Å². The smallest absolute Gasteiger partial charge is 0.248 e. The highest BCUT2D eigenvalue weighted by atomic mass is 35.5. The van der Waals surface area contributed by atoms with Gasteiger partial charge in [0.15, 0.2) is 5.78 Å². The Hall–Kier alpha value is -3.89. The van der Waals surface area contributed by atoms with Gasteiger partial charge in [-0.3, -0.25) is 14.5 Å². The van der Waals surface area contributed by atoms with Gasteiger partial charge in [-0.25, -0.2) is 4.98 Å². The molecule has 3 heterocycles. The molecule has 164 valence electrons. The van der Waals surface area contributed by atoms with Crippen LogP contribution >= 0.6 is 11.6 Å². The van der Waals surface area contributed by atoms with Crippen LogP contribution in [-0.2, 0) is 15.0 Å². The van der Waals surface area contributed by atoms with Gasteiger partial charge < -0.3 is 10.6 Å². The van der Waals surface area contributed by atoms with Crippen molar-refractivity contribution in [1.29, 1.82) is 5.26 Å². The minimum atomic E-state index is -1.59. The van der Waals surface area contributed by atoms with Gasteiger partial charge >= 0.3 is 0 Å². The summed E-state index contributed by atoms with van der Waals surface area (Å²) < 4.78 is 0. The average molecular weight is 458 g/mol. The molecule has 0 radical (unpaired) electrons. The quantitative estimate of drug-likeness (QED) is 0.704. The molecule has 0 unspecified atom stereocenters. The largest absolute Gasteiger partial charge is 0.384 e. The molecule has 1 aromatic heterocycles. The summed E-state index contributed by atoms with van der Waals surface area (Å²) in [4.78, 5) is 35.2. The third kappa shape index (κ3) is 2.71. The van der Waals surface area contributed by atoms with Crippen LogP contribution in [0.25, 0.3) is 0 Å². The molecule has 1 aliphatic carbocycles. The fraction of sp³-hybridized carbons (Fsp3) is 0.200. The highest BCUT2D eigenvalue weighted by molar-refractivity contribution is 6.30. The Morgan fingerprint density at radius 1 is 1.24 bits per heavy atom. The third-order valence-corrected chi connectivity index (χ3v) is 6.65. The lowest BCUT2D eigenvalue weighted by Gasteiger charge is -2.43. The van der Waals surface area contributed by atoms with Crippen LogP contribution in [0.3, 0.4) is 0 Å². The number of hydrogen-bond acceptors (Lipinski definition) is 6. The second-order valence-electron chi connectivity index (χ2n) is 8.11. The molecule has 7 nitrogen and oxygen atoms in total. The van der Waals surface area contributed by atoms with Crippen molar-refractivity contribution in [1.82, 2.24) is 4.98 Å². The van der Waals surface area contributed by atoms with E-state index in [1.165, 1.54) is 6.20 Å². The van der Waals surface area contributed by atoms with E-state index in [-0.39, 0.29) is 36.1 Å². The lowest BCUT2D eigenvalue weighted by atomic mass is 9.64. The highest BCUT2D eigenvalue weighted by Crippen LogP contribution is 2.56. The number of halogens is 1. The number of nitriles is 1. The summed E-state index contributed by atoms with van der Waals surface area (Å²) in [7, 11) is 0. The summed E-state index contributed by atoms with van der Waals surface area (Å²) in [6.07, 6.45) is 4.52. The van der Waals surface area contributed by atoms with E-state index in [0.29, 0.717) is 46.2 Å². The number of hydrogen-bond donors (Lipinski definition) is 1. The highest BCUT2D eigenvalue weighted by Gasteiger charge is 2.62.